The number of unbranched alkanes of at least 4 members (excludes halogenated alkanes) is 12. The zero-order valence-corrected chi connectivity index (χ0v) is 36.9. The molecule has 0 radical (unpaired) electrons. The third kappa shape index (κ3) is 14.4. The predicted octanol–water partition coefficient (Wildman–Crippen LogP) is 15.8. The number of carbonyl (C=O) groups excluding carboxylic acids is 2. The molecule has 0 bridgehead atoms. The van der Waals surface area contributed by atoms with Crippen LogP contribution in [0.2, 0.25) is 0 Å². The number of hydrogen-bond acceptors (Lipinski definition) is 4. The van der Waals surface area contributed by atoms with E-state index >= 15 is 0 Å². The van der Waals surface area contributed by atoms with Crippen LogP contribution in [0, 0.1) is 6.92 Å². The first-order valence-corrected chi connectivity index (χ1v) is 22.8. The highest BCUT2D eigenvalue weighted by Crippen LogP contribution is 2.42. The molecular formula is C51H69BrN2O2. The van der Waals surface area contributed by atoms with Gasteiger partial charge in [0.2, 0.25) is 11.6 Å². The van der Waals surface area contributed by atoms with Gasteiger partial charge >= 0.3 is 0 Å². The minimum Gasteiger partial charge on any atom is -0.352 e. The second-order valence-corrected chi connectivity index (χ2v) is 16.8. The lowest BCUT2D eigenvalue weighted by atomic mass is 9.92. The number of Topliss-reactive ketones (excluding diaryl/α,β-unsaturated/α-hetero) is 2. The summed E-state index contributed by atoms with van der Waals surface area (Å²) in [6.07, 6.45) is 26.1. The number of anilines is 4. The molecule has 1 aliphatic rings. The summed E-state index contributed by atoms with van der Waals surface area (Å²) in [5.41, 5.74) is 13.3. The van der Waals surface area contributed by atoms with E-state index in [2.05, 4.69) is 78.5 Å². The van der Waals surface area contributed by atoms with Crippen molar-refractivity contribution >= 4 is 50.2 Å². The molecule has 5 rings (SSSR count). The molecule has 4 aromatic rings. The van der Waals surface area contributed by atoms with Crippen LogP contribution in [0.25, 0.3) is 0 Å². The van der Waals surface area contributed by atoms with Crippen molar-refractivity contribution in [1.29, 1.82) is 0 Å². The van der Waals surface area contributed by atoms with Crippen LogP contribution < -0.4 is 10.6 Å². The highest BCUT2D eigenvalue weighted by molar-refractivity contribution is 9.10. The molecule has 4 aromatic carbocycles. The zero-order chi connectivity index (χ0) is 40.1. The number of halogens is 1. The number of ketones is 2. The summed E-state index contributed by atoms with van der Waals surface area (Å²) >= 11 is 3.29. The zero-order valence-electron chi connectivity index (χ0n) is 35.3. The van der Waals surface area contributed by atoms with E-state index in [9.17, 15) is 9.59 Å². The molecule has 0 aromatic heterocycles. The molecule has 0 unspecified atom stereocenters. The Morgan fingerprint density at radius 1 is 0.429 bits per heavy atom. The Labute approximate surface area is 348 Å². The van der Waals surface area contributed by atoms with E-state index in [1.54, 1.807) is 58.7 Å². The number of nitrogens with one attached hydrogen (secondary N) is 2. The summed E-state index contributed by atoms with van der Waals surface area (Å²) in [7, 11) is 0. The van der Waals surface area contributed by atoms with Gasteiger partial charge in [-0.15, -0.1) is 0 Å². The fourth-order valence-electron chi connectivity index (χ4n) is 7.55. The van der Waals surface area contributed by atoms with E-state index < -0.39 is 11.6 Å². The van der Waals surface area contributed by atoms with Crippen LogP contribution in [0.5, 0.6) is 0 Å². The molecule has 1 aliphatic heterocycles. The predicted molar refractivity (Wildman–Crippen MR) is 245 cm³/mol. The highest BCUT2D eigenvalue weighted by atomic mass is 79.9. The Bertz CT molecular complexity index is 1590. The van der Waals surface area contributed by atoms with Crippen molar-refractivity contribution in [1.82, 2.24) is 0 Å². The van der Waals surface area contributed by atoms with Gasteiger partial charge in [0.25, 0.3) is 0 Å². The summed E-state index contributed by atoms with van der Waals surface area (Å²) < 4.78 is 0.877. The van der Waals surface area contributed by atoms with Crippen LogP contribution in [-0.2, 0) is 25.7 Å². The minimum absolute atomic E-state index is 0.406. The summed E-state index contributed by atoms with van der Waals surface area (Å²) in [6.45, 7) is 11.2. The normalized spacial score (nSPS) is 11.5. The summed E-state index contributed by atoms with van der Waals surface area (Å²) in [5.74, 6) is -0.955. The summed E-state index contributed by atoms with van der Waals surface area (Å²) in [6, 6.07) is 23.7. The number of hydrogen-bond donors (Lipinski definition) is 2. The van der Waals surface area contributed by atoms with Gasteiger partial charge in [0.1, 0.15) is 0 Å². The molecule has 302 valence electrons. The molecule has 0 spiro atoms. The van der Waals surface area contributed by atoms with Gasteiger partial charge in [-0.25, -0.2) is 0 Å². The molecule has 0 saturated carbocycles. The molecular weight excluding hydrogens is 752 g/mol. The second kappa shape index (κ2) is 24.8. The fourth-order valence-corrected chi connectivity index (χ4v) is 7.82. The Balaban J connectivity index is 0.000000321. The molecule has 1 heterocycles. The lowest BCUT2D eigenvalue weighted by Crippen LogP contribution is -2.14. The average molecular weight is 822 g/mol. The van der Waals surface area contributed by atoms with Crippen molar-refractivity contribution in [3.63, 3.8) is 0 Å². The molecule has 4 nitrogen and oxygen atoms in total. The Kier molecular flexibility index (Phi) is 20.0. The van der Waals surface area contributed by atoms with Crippen molar-refractivity contribution in [2.45, 2.75) is 163 Å². The van der Waals surface area contributed by atoms with Crippen molar-refractivity contribution in [3.8, 4) is 0 Å². The van der Waals surface area contributed by atoms with Gasteiger partial charge in [0.05, 0.1) is 22.7 Å². The highest BCUT2D eigenvalue weighted by Gasteiger charge is 2.20. The molecule has 2 N–H and O–H groups in total. The first-order valence-electron chi connectivity index (χ1n) is 22.0. The van der Waals surface area contributed by atoms with E-state index in [1.165, 1.54) is 151 Å². The Morgan fingerprint density at radius 3 is 1.00 bits per heavy atom. The monoisotopic (exact) mass is 820 g/mol. The van der Waals surface area contributed by atoms with E-state index in [0.29, 0.717) is 11.1 Å². The van der Waals surface area contributed by atoms with Gasteiger partial charge in [0, 0.05) is 15.6 Å². The molecule has 0 aliphatic carbocycles. The van der Waals surface area contributed by atoms with Crippen molar-refractivity contribution in [3.05, 3.63) is 116 Å². The fraction of sp³-hybridized carbons (Fsp3) is 0.490. The van der Waals surface area contributed by atoms with Crippen molar-refractivity contribution in [2.24, 2.45) is 0 Å². The minimum atomic E-state index is -0.480. The van der Waals surface area contributed by atoms with E-state index in [4.69, 9.17) is 0 Å². The van der Waals surface area contributed by atoms with Crippen LogP contribution in [0.1, 0.15) is 179 Å². The Morgan fingerprint density at radius 2 is 0.714 bits per heavy atom. The van der Waals surface area contributed by atoms with Crippen LogP contribution in [0.3, 0.4) is 0 Å². The van der Waals surface area contributed by atoms with Gasteiger partial charge in [-0.3, -0.25) is 9.59 Å². The topological polar surface area (TPSA) is 58.2 Å². The third-order valence-corrected chi connectivity index (χ3v) is 11.6. The average Bonchev–Trinajstić information content (AvgIpc) is 3.21. The van der Waals surface area contributed by atoms with Gasteiger partial charge in [-0.1, -0.05) is 151 Å². The quantitative estimate of drug-likeness (QED) is 0.0391. The smallest absolute Gasteiger partial charge is 0.233 e. The molecule has 5 heteroatoms. The van der Waals surface area contributed by atoms with E-state index in [1.807, 2.05) is 19.1 Å². The number of rotatable bonds is 23. The molecule has 0 saturated heterocycles. The largest absolute Gasteiger partial charge is 0.352 e. The van der Waals surface area contributed by atoms with Gasteiger partial charge < -0.3 is 10.6 Å². The van der Waals surface area contributed by atoms with E-state index in [-0.39, 0.29) is 0 Å². The Hall–Kier alpha value is -3.70. The maximum Gasteiger partial charge on any atom is 0.233 e. The lowest BCUT2D eigenvalue weighted by Gasteiger charge is -2.27. The second-order valence-electron chi connectivity index (χ2n) is 15.9. The van der Waals surface area contributed by atoms with Crippen molar-refractivity contribution < 1.29 is 9.59 Å². The maximum absolute atomic E-state index is 12.0. The number of fused-ring (bicyclic) bond motifs is 2. The van der Waals surface area contributed by atoms with Crippen LogP contribution in [-0.4, -0.2) is 11.6 Å². The van der Waals surface area contributed by atoms with Gasteiger partial charge in [0.15, 0.2) is 0 Å². The van der Waals surface area contributed by atoms with E-state index in [0.717, 1.165) is 10.0 Å². The van der Waals surface area contributed by atoms with Crippen LogP contribution in [0.4, 0.5) is 22.7 Å². The lowest BCUT2D eigenvalue weighted by molar-refractivity contribution is 0.0817. The maximum atomic E-state index is 12.0. The summed E-state index contributed by atoms with van der Waals surface area (Å²) in [5, 5.41) is 7.74. The number of carbonyl (C=O) groups is 2. The number of benzene rings is 4. The first kappa shape index (κ1) is 45.0. The van der Waals surface area contributed by atoms with Crippen LogP contribution >= 0.6 is 15.9 Å². The first-order chi connectivity index (χ1) is 27.3. The summed E-state index contributed by atoms with van der Waals surface area (Å²) in [4.78, 5) is 24.0. The van der Waals surface area contributed by atoms with Gasteiger partial charge in [-0.2, -0.15) is 0 Å². The third-order valence-electron chi connectivity index (χ3n) is 11.0. The SMILES string of the molecule is CCCCCCc1cc2c(cc1CCCCCC)Nc1cc(CCCCCC)c(CCCCCC)cc1N2.Cc1ccc(C(=O)C(=O)c2ccc(Br)cc2)cc1. The standard InChI is InChI=1S/C36H58N2.C15H11BrO2/c1-5-9-13-17-21-29-25-33-34(26-30(29)22-18-14-10-6-2)38-36-28-32(24-20-16-12-8-4)31(27-35(36)37-33)23-19-15-11-7-3;1-10-2-4-11(5-3-10)14(17)15(18)12-6-8-13(16)9-7-12/h25-28,37-38H,5-24H2,1-4H3;2-9H,1H3. The number of aryl methyl sites for hydroxylation is 5. The van der Waals surface area contributed by atoms with Crippen molar-refractivity contribution in [2.75, 3.05) is 10.6 Å². The molecule has 0 fully saturated rings. The molecule has 0 atom stereocenters. The van der Waals surface area contributed by atoms with Gasteiger partial charge in [-0.05, 0) is 129 Å². The molecule has 0 amide bonds. The van der Waals surface area contributed by atoms with Crippen LogP contribution in [0.15, 0.2) is 77.3 Å². The molecule has 56 heavy (non-hydrogen) atoms.